The van der Waals surface area contributed by atoms with Crippen LogP contribution in [0.4, 0.5) is 0 Å². The van der Waals surface area contributed by atoms with E-state index in [1.807, 2.05) is 6.26 Å². The molecule has 0 aliphatic heterocycles. The molecule has 0 aliphatic carbocycles. The lowest BCUT2D eigenvalue weighted by atomic mass is 10.4. The molecule has 0 spiro atoms. The van der Waals surface area contributed by atoms with E-state index < -0.39 is 0 Å². The molecule has 0 unspecified atom stereocenters. The molecule has 0 saturated heterocycles. The third-order valence-electron chi connectivity index (χ3n) is 0.843. The molecule has 46 valence electrons. The number of hydrogen-bond donors (Lipinski definition) is 0. The normalized spacial score (nSPS) is 8.89. The van der Waals surface area contributed by atoms with Crippen LogP contribution in [-0.4, -0.2) is 10.6 Å². The van der Waals surface area contributed by atoms with Gasteiger partial charge in [0.25, 0.3) is 0 Å². The van der Waals surface area contributed by atoms with E-state index in [-0.39, 0.29) is 0 Å². The van der Waals surface area contributed by atoms with Gasteiger partial charge in [-0.15, -0.1) is 11.8 Å². The number of thioether (sulfide) groups is 1. The van der Waals surface area contributed by atoms with Crippen molar-refractivity contribution >= 4 is 23.3 Å². The Morgan fingerprint density at radius 3 is 3.11 bits per heavy atom. The van der Waals surface area contributed by atoms with Crippen LogP contribution in [0.15, 0.2) is 10.4 Å². The fourth-order valence-electron chi connectivity index (χ4n) is 0.451. The molecule has 0 N–H and O–H groups in total. The van der Waals surface area contributed by atoms with Gasteiger partial charge in [0.05, 0.1) is 16.0 Å². The Labute approximate surface area is 61.7 Å². The summed E-state index contributed by atoms with van der Waals surface area (Å²) in [5.74, 6) is 0. The predicted molar refractivity (Wildman–Crippen MR) is 38.6 cm³/mol. The van der Waals surface area contributed by atoms with Crippen LogP contribution in [0.3, 0.4) is 0 Å². The molecule has 0 amide bonds. The summed E-state index contributed by atoms with van der Waals surface area (Å²) in [6.45, 7) is 0. The number of nitriles is 1. The Bertz CT molecular complexity index is 235. The van der Waals surface area contributed by atoms with E-state index in [2.05, 4.69) is 10.4 Å². The van der Waals surface area contributed by atoms with Crippen LogP contribution in [0.2, 0.25) is 0 Å². The maximum absolute atomic E-state index is 8.44. The van der Waals surface area contributed by atoms with Crippen molar-refractivity contribution in [3.05, 3.63) is 11.8 Å². The van der Waals surface area contributed by atoms with Crippen molar-refractivity contribution in [1.82, 2.24) is 4.37 Å². The van der Waals surface area contributed by atoms with Crippen LogP contribution < -0.4 is 0 Å². The van der Waals surface area contributed by atoms with E-state index in [1.54, 1.807) is 18.0 Å². The Morgan fingerprint density at radius 2 is 2.67 bits per heavy atom. The molecule has 1 aromatic rings. The van der Waals surface area contributed by atoms with E-state index in [4.69, 9.17) is 5.26 Å². The Balaban J connectivity index is 3.02. The second-order valence-electron chi connectivity index (χ2n) is 1.34. The van der Waals surface area contributed by atoms with Gasteiger partial charge in [0.1, 0.15) is 6.07 Å². The monoisotopic (exact) mass is 156 g/mol. The summed E-state index contributed by atoms with van der Waals surface area (Å²) in [5.41, 5.74) is 0.688. The van der Waals surface area contributed by atoms with Gasteiger partial charge in [0.2, 0.25) is 0 Å². The average molecular weight is 156 g/mol. The van der Waals surface area contributed by atoms with E-state index >= 15 is 0 Å². The highest BCUT2D eigenvalue weighted by Gasteiger charge is 2.00. The molecule has 0 fully saturated rings. The Kier molecular flexibility index (Phi) is 2.09. The van der Waals surface area contributed by atoms with Crippen molar-refractivity contribution in [2.45, 2.75) is 4.21 Å². The minimum absolute atomic E-state index is 0.688. The molecule has 2 nitrogen and oxygen atoms in total. The first-order valence-corrected chi connectivity index (χ1v) is 4.27. The standard InChI is InChI=1S/C5H4N2S2/c1-8-5-4(2-6)3-7-9-5/h3H,1H3. The lowest BCUT2D eigenvalue weighted by molar-refractivity contribution is 1.44. The zero-order valence-corrected chi connectivity index (χ0v) is 6.42. The molecule has 1 aromatic heterocycles. The maximum Gasteiger partial charge on any atom is 0.103 e. The van der Waals surface area contributed by atoms with Crippen molar-refractivity contribution in [2.75, 3.05) is 6.26 Å². The number of aromatic nitrogens is 1. The average Bonchev–Trinajstić information content (AvgIpc) is 2.33. The van der Waals surface area contributed by atoms with Crippen molar-refractivity contribution in [3.8, 4) is 6.07 Å². The van der Waals surface area contributed by atoms with Gasteiger partial charge in [-0.25, -0.2) is 0 Å². The minimum Gasteiger partial charge on any atom is -0.199 e. The first-order valence-electron chi connectivity index (χ1n) is 2.27. The van der Waals surface area contributed by atoms with Crippen LogP contribution in [0, 0.1) is 11.3 Å². The summed E-state index contributed by atoms with van der Waals surface area (Å²) < 4.78 is 4.86. The van der Waals surface area contributed by atoms with Gasteiger partial charge in [-0.1, -0.05) is 0 Å². The van der Waals surface area contributed by atoms with Crippen molar-refractivity contribution in [3.63, 3.8) is 0 Å². The number of rotatable bonds is 1. The predicted octanol–water partition coefficient (Wildman–Crippen LogP) is 1.74. The Hall–Kier alpha value is -0.530. The van der Waals surface area contributed by atoms with Gasteiger partial charge in [-0.2, -0.15) is 9.64 Å². The smallest absolute Gasteiger partial charge is 0.103 e. The SMILES string of the molecule is CSc1sncc1C#N. The van der Waals surface area contributed by atoms with Crippen molar-refractivity contribution in [1.29, 1.82) is 5.26 Å². The summed E-state index contributed by atoms with van der Waals surface area (Å²) in [5, 5.41) is 8.44. The molecule has 0 aliphatic rings. The zero-order chi connectivity index (χ0) is 6.69. The highest BCUT2D eigenvalue weighted by Crippen LogP contribution is 2.22. The summed E-state index contributed by atoms with van der Waals surface area (Å²) in [6.07, 6.45) is 3.53. The van der Waals surface area contributed by atoms with Crippen LogP contribution in [0.1, 0.15) is 5.56 Å². The summed E-state index contributed by atoms with van der Waals surface area (Å²) in [6, 6.07) is 2.05. The second-order valence-corrected chi connectivity index (χ2v) is 3.22. The van der Waals surface area contributed by atoms with Crippen LogP contribution in [0.5, 0.6) is 0 Å². The maximum atomic E-state index is 8.44. The van der Waals surface area contributed by atoms with Crippen LogP contribution in [-0.2, 0) is 0 Å². The van der Waals surface area contributed by atoms with Gasteiger partial charge in [-0.05, 0) is 17.8 Å². The first kappa shape index (κ1) is 6.59. The molecule has 0 aromatic carbocycles. The van der Waals surface area contributed by atoms with E-state index in [9.17, 15) is 0 Å². The molecule has 1 rings (SSSR count). The van der Waals surface area contributed by atoms with E-state index in [0.717, 1.165) is 4.21 Å². The highest BCUT2D eigenvalue weighted by atomic mass is 32.2. The molecule has 0 bridgehead atoms. The summed E-state index contributed by atoms with van der Waals surface area (Å²) in [7, 11) is 0. The topological polar surface area (TPSA) is 36.7 Å². The Morgan fingerprint density at radius 1 is 1.89 bits per heavy atom. The third-order valence-corrected chi connectivity index (χ3v) is 2.75. The van der Waals surface area contributed by atoms with Gasteiger partial charge in [0.15, 0.2) is 0 Å². The fraction of sp³-hybridized carbons (Fsp3) is 0.200. The van der Waals surface area contributed by atoms with Gasteiger partial charge < -0.3 is 0 Å². The summed E-state index contributed by atoms with van der Waals surface area (Å²) >= 11 is 2.92. The van der Waals surface area contributed by atoms with Crippen LogP contribution >= 0.6 is 23.3 Å². The van der Waals surface area contributed by atoms with Crippen LogP contribution in [0.25, 0.3) is 0 Å². The first-order chi connectivity index (χ1) is 4.38. The molecule has 0 atom stereocenters. The third kappa shape index (κ3) is 1.23. The minimum atomic E-state index is 0.688. The lowest BCUT2D eigenvalue weighted by Gasteiger charge is -1.82. The van der Waals surface area contributed by atoms with Gasteiger partial charge in [-0.3, -0.25) is 0 Å². The summed E-state index contributed by atoms with van der Waals surface area (Å²) in [4.78, 5) is 0. The fourth-order valence-corrected chi connectivity index (χ4v) is 1.65. The molecular formula is C5H4N2S2. The molecule has 1 heterocycles. The van der Waals surface area contributed by atoms with E-state index in [0.29, 0.717) is 5.56 Å². The number of hydrogen-bond acceptors (Lipinski definition) is 4. The van der Waals surface area contributed by atoms with Crippen molar-refractivity contribution < 1.29 is 0 Å². The molecule has 0 saturated carbocycles. The molecule has 4 heteroatoms. The lowest BCUT2D eigenvalue weighted by Crippen LogP contribution is -1.65. The largest absolute Gasteiger partial charge is 0.199 e. The van der Waals surface area contributed by atoms with Gasteiger partial charge >= 0.3 is 0 Å². The molecular weight excluding hydrogens is 152 g/mol. The number of nitrogens with zero attached hydrogens (tertiary/aromatic N) is 2. The zero-order valence-electron chi connectivity index (χ0n) is 4.79. The molecule has 0 radical (unpaired) electrons. The second kappa shape index (κ2) is 2.85. The van der Waals surface area contributed by atoms with Gasteiger partial charge in [0, 0.05) is 0 Å². The quantitative estimate of drug-likeness (QED) is 0.581. The van der Waals surface area contributed by atoms with E-state index in [1.165, 1.54) is 11.5 Å². The van der Waals surface area contributed by atoms with Crippen molar-refractivity contribution in [2.24, 2.45) is 0 Å². The highest BCUT2D eigenvalue weighted by molar-refractivity contribution is 8.00. The molecule has 9 heavy (non-hydrogen) atoms.